The third-order valence-corrected chi connectivity index (χ3v) is 7.40. The van der Waals surface area contributed by atoms with Crippen molar-refractivity contribution in [2.24, 2.45) is 0 Å². The maximum atomic E-state index is 13.7. The van der Waals surface area contributed by atoms with E-state index < -0.39 is 12.3 Å². The third-order valence-electron chi connectivity index (χ3n) is 6.87. The van der Waals surface area contributed by atoms with Gasteiger partial charge in [0, 0.05) is 40.2 Å². The predicted molar refractivity (Wildman–Crippen MR) is 146 cm³/mol. The number of benzene rings is 3. The molecule has 1 aliphatic rings. The first-order valence-corrected chi connectivity index (χ1v) is 13.1. The molecule has 38 heavy (non-hydrogen) atoms. The summed E-state index contributed by atoms with van der Waals surface area (Å²) in [4.78, 5) is 32.1. The summed E-state index contributed by atoms with van der Waals surface area (Å²) in [5.74, 6) is -0.404. The van der Waals surface area contributed by atoms with Crippen molar-refractivity contribution in [3.05, 3.63) is 111 Å². The van der Waals surface area contributed by atoms with E-state index in [2.05, 4.69) is 25.9 Å². The average Bonchev–Trinajstić information content (AvgIpc) is 3.58. The van der Waals surface area contributed by atoms with E-state index in [1.165, 1.54) is 12.1 Å². The van der Waals surface area contributed by atoms with E-state index in [1.807, 2.05) is 59.4 Å². The lowest BCUT2D eigenvalue weighted by Gasteiger charge is -2.24. The lowest BCUT2D eigenvalue weighted by Crippen LogP contribution is -2.32. The van der Waals surface area contributed by atoms with Crippen LogP contribution in [0.1, 0.15) is 24.3 Å². The standard InChI is InChI=1S/C29H24BrFN4O3/c1-17-27(36)35(13-12-18-2-11-25-26(14-18)33-29(37)32-25)28(38-17)24-16-34(22-9-5-20(30)6-10-22)15-23(24)19-3-7-21(31)8-4-19/h2-11,14-17,28H,12-13H2,1H3,(H2,32,33,37). The van der Waals surface area contributed by atoms with Gasteiger partial charge in [-0.2, -0.15) is 0 Å². The van der Waals surface area contributed by atoms with Gasteiger partial charge in [-0.25, -0.2) is 9.18 Å². The highest BCUT2D eigenvalue weighted by molar-refractivity contribution is 9.10. The van der Waals surface area contributed by atoms with Gasteiger partial charge in [0.25, 0.3) is 5.91 Å². The number of imidazole rings is 1. The van der Waals surface area contributed by atoms with Crippen LogP contribution in [0.2, 0.25) is 0 Å². The second-order valence-electron chi connectivity index (χ2n) is 9.39. The Morgan fingerprint density at radius 1 is 0.947 bits per heavy atom. The smallest absolute Gasteiger partial charge is 0.323 e. The predicted octanol–water partition coefficient (Wildman–Crippen LogP) is 5.70. The van der Waals surface area contributed by atoms with Crippen molar-refractivity contribution in [3.8, 4) is 16.8 Å². The number of fused-ring (bicyclic) bond motifs is 1. The van der Waals surface area contributed by atoms with Gasteiger partial charge in [-0.15, -0.1) is 0 Å². The highest BCUT2D eigenvalue weighted by atomic mass is 79.9. The van der Waals surface area contributed by atoms with Crippen LogP contribution in [0.5, 0.6) is 0 Å². The van der Waals surface area contributed by atoms with E-state index in [9.17, 15) is 14.0 Å². The molecule has 2 aromatic heterocycles. The zero-order valence-electron chi connectivity index (χ0n) is 20.4. The second kappa shape index (κ2) is 9.74. The molecule has 2 N–H and O–H groups in total. The molecule has 5 aromatic rings. The number of nitrogens with zero attached hydrogens (tertiary/aromatic N) is 2. The fourth-order valence-electron chi connectivity index (χ4n) is 4.93. The summed E-state index contributed by atoms with van der Waals surface area (Å²) in [6.45, 7) is 2.19. The minimum Gasteiger partial charge on any atom is -0.341 e. The average molecular weight is 575 g/mol. The maximum absolute atomic E-state index is 13.7. The number of carbonyl (C=O) groups excluding carboxylic acids is 1. The molecule has 0 saturated carbocycles. The molecule has 9 heteroatoms. The molecule has 2 unspecified atom stereocenters. The molecule has 0 bridgehead atoms. The van der Waals surface area contributed by atoms with Crippen molar-refractivity contribution in [2.75, 3.05) is 6.54 Å². The molecule has 2 atom stereocenters. The molecule has 0 spiro atoms. The van der Waals surface area contributed by atoms with Gasteiger partial charge in [0.2, 0.25) is 0 Å². The first-order valence-electron chi connectivity index (χ1n) is 12.3. The molecule has 0 aliphatic carbocycles. The van der Waals surface area contributed by atoms with Crippen LogP contribution >= 0.6 is 15.9 Å². The van der Waals surface area contributed by atoms with Crippen molar-refractivity contribution >= 4 is 32.9 Å². The number of carbonyl (C=O) groups is 1. The Kier molecular flexibility index (Phi) is 6.25. The molecule has 6 rings (SSSR count). The fourth-order valence-corrected chi connectivity index (χ4v) is 5.19. The lowest BCUT2D eigenvalue weighted by molar-refractivity contribution is -0.130. The van der Waals surface area contributed by atoms with Crippen LogP contribution in [-0.2, 0) is 16.0 Å². The van der Waals surface area contributed by atoms with E-state index in [0.29, 0.717) is 13.0 Å². The Balaban J connectivity index is 1.36. The van der Waals surface area contributed by atoms with Gasteiger partial charge in [0.15, 0.2) is 6.23 Å². The highest BCUT2D eigenvalue weighted by Crippen LogP contribution is 2.39. The Bertz CT molecular complexity index is 1690. The highest BCUT2D eigenvalue weighted by Gasteiger charge is 2.40. The zero-order chi connectivity index (χ0) is 26.4. The number of halogens is 2. The van der Waals surface area contributed by atoms with Crippen molar-refractivity contribution in [1.82, 2.24) is 19.4 Å². The number of aromatic amines is 2. The molecular weight excluding hydrogens is 551 g/mol. The van der Waals surface area contributed by atoms with Gasteiger partial charge in [0.05, 0.1) is 11.0 Å². The number of hydrogen-bond donors (Lipinski definition) is 2. The van der Waals surface area contributed by atoms with Crippen molar-refractivity contribution in [1.29, 1.82) is 0 Å². The van der Waals surface area contributed by atoms with Crippen LogP contribution in [0.25, 0.3) is 27.8 Å². The number of hydrogen-bond acceptors (Lipinski definition) is 3. The van der Waals surface area contributed by atoms with Crippen LogP contribution in [0.3, 0.4) is 0 Å². The molecule has 0 radical (unpaired) electrons. The maximum Gasteiger partial charge on any atom is 0.323 e. The largest absolute Gasteiger partial charge is 0.341 e. The number of amides is 1. The summed E-state index contributed by atoms with van der Waals surface area (Å²) >= 11 is 3.48. The number of H-pyrrole nitrogens is 2. The summed E-state index contributed by atoms with van der Waals surface area (Å²) in [7, 11) is 0. The van der Waals surface area contributed by atoms with Gasteiger partial charge in [-0.1, -0.05) is 34.1 Å². The van der Waals surface area contributed by atoms with E-state index >= 15 is 0 Å². The normalized spacial score (nSPS) is 17.6. The quantitative estimate of drug-likeness (QED) is 0.273. The Hall–Kier alpha value is -3.95. The number of nitrogens with one attached hydrogen (secondary N) is 2. The van der Waals surface area contributed by atoms with Crippen LogP contribution in [0, 0.1) is 5.82 Å². The number of rotatable bonds is 6. The SMILES string of the molecule is CC1OC(c2cn(-c3ccc(Br)cc3)cc2-c2ccc(F)cc2)N(CCc2ccc3[nH]c(=O)[nH]c3c2)C1=O. The van der Waals surface area contributed by atoms with Crippen LogP contribution in [0.15, 0.2) is 88.4 Å². The van der Waals surface area contributed by atoms with Crippen LogP contribution in [0.4, 0.5) is 4.39 Å². The molecule has 192 valence electrons. The summed E-state index contributed by atoms with van der Waals surface area (Å²) in [6.07, 6.45) is 3.34. The first-order chi connectivity index (χ1) is 18.4. The van der Waals surface area contributed by atoms with E-state index in [0.717, 1.165) is 43.4 Å². The second-order valence-corrected chi connectivity index (χ2v) is 10.3. The Labute approximate surface area is 226 Å². The zero-order valence-corrected chi connectivity index (χ0v) is 22.0. The summed E-state index contributed by atoms with van der Waals surface area (Å²) in [5, 5.41) is 0. The van der Waals surface area contributed by atoms with E-state index in [1.54, 1.807) is 24.0 Å². The molecular formula is C29H24BrFN4O3. The van der Waals surface area contributed by atoms with Crippen molar-refractivity contribution < 1.29 is 13.9 Å². The summed E-state index contributed by atoms with van der Waals surface area (Å²) in [5.41, 5.74) is 5.66. The van der Waals surface area contributed by atoms with Gasteiger partial charge in [-0.05, 0) is 73.0 Å². The number of ether oxygens (including phenoxy) is 1. The monoisotopic (exact) mass is 574 g/mol. The summed E-state index contributed by atoms with van der Waals surface area (Å²) in [6, 6.07) is 20.0. The Morgan fingerprint density at radius 3 is 2.45 bits per heavy atom. The minimum atomic E-state index is -0.606. The number of aromatic nitrogens is 3. The lowest BCUT2D eigenvalue weighted by atomic mass is 10.0. The van der Waals surface area contributed by atoms with Crippen molar-refractivity contribution in [2.45, 2.75) is 25.7 Å². The molecule has 1 fully saturated rings. The van der Waals surface area contributed by atoms with Crippen LogP contribution in [-0.4, -0.2) is 38.0 Å². The van der Waals surface area contributed by atoms with E-state index in [-0.39, 0.29) is 17.4 Å². The molecule has 1 aliphatic heterocycles. The van der Waals surface area contributed by atoms with Gasteiger partial charge in [-0.3, -0.25) is 4.79 Å². The third kappa shape index (κ3) is 4.59. The van der Waals surface area contributed by atoms with Gasteiger partial charge in [0.1, 0.15) is 11.9 Å². The molecule has 1 saturated heterocycles. The van der Waals surface area contributed by atoms with E-state index in [4.69, 9.17) is 4.74 Å². The topological polar surface area (TPSA) is 83.1 Å². The van der Waals surface area contributed by atoms with Gasteiger partial charge < -0.3 is 24.2 Å². The molecule has 1 amide bonds. The van der Waals surface area contributed by atoms with Gasteiger partial charge >= 0.3 is 5.69 Å². The summed E-state index contributed by atoms with van der Waals surface area (Å²) < 4.78 is 22.9. The molecule has 3 aromatic carbocycles. The minimum absolute atomic E-state index is 0.0902. The first kappa shape index (κ1) is 24.4. The molecule has 3 heterocycles. The molecule has 7 nitrogen and oxygen atoms in total. The van der Waals surface area contributed by atoms with Crippen LogP contribution < -0.4 is 5.69 Å². The fraction of sp³-hybridized carbons (Fsp3) is 0.172. The Morgan fingerprint density at radius 2 is 1.68 bits per heavy atom. The van der Waals surface area contributed by atoms with Crippen molar-refractivity contribution in [3.63, 3.8) is 0 Å².